The third-order valence-corrected chi connectivity index (χ3v) is 3.55. The monoisotopic (exact) mass is 271 g/mol. The van der Waals surface area contributed by atoms with E-state index in [1.807, 2.05) is 5.38 Å². The van der Waals surface area contributed by atoms with Gasteiger partial charge in [0.1, 0.15) is 0 Å². The number of hydrogen-bond acceptors (Lipinski definition) is 6. The van der Waals surface area contributed by atoms with Gasteiger partial charge in [0.05, 0.1) is 19.2 Å². The molecule has 6 heteroatoms. The van der Waals surface area contributed by atoms with Gasteiger partial charge >= 0.3 is 5.97 Å². The Morgan fingerprint density at radius 2 is 2.22 bits per heavy atom. The van der Waals surface area contributed by atoms with Crippen LogP contribution in [-0.2, 0) is 16.0 Å². The van der Waals surface area contributed by atoms with Gasteiger partial charge in [0.25, 0.3) is 0 Å². The second-order valence-electron chi connectivity index (χ2n) is 3.85. The molecule has 1 heterocycles. The predicted octanol–water partition coefficient (Wildman–Crippen LogP) is 1.61. The normalized spacial score (nSPS) is 10.7. The second kappa shape index (κ2) is 8.05. The summed E-state index contributed by atoms with van der Waals surface area (Å²) in [7, 11) is 1.39. The smallest absolute Gasteiger partial charge is 0.311 e. The number of ether oxygens (including phenoxy) is 1. The Labute approximate surface area is 112 Å². The summed E-state index contributed by atoms with van der Waals surface area (Å²) >= 11 is 1.52. The van der Waals surface area contributed by atoms with E-state index in [0.717, 1.165) is 37.0 Å². The number of nitrogens with zero attached hydrogens (tertiary/aromatic N) is 2. The average molecular weight is 271 g/mol. The molecule has 0 radical (unpaired) electrons. The molecular formula is C12H21N3O2S. The minimum absolute atomic E-state index is 0.241. The molecule has 1 aromatic heterocycles. The van der Waals surface area contributed by atoms with E-state index >= 15 is 0 Å². The average Bonchev–Trinajstić information content (AvgIpc) is 2.82. The minimum atomic E-state index is -0.255. The van der Waals surface area contributed by atoms with Gasteiger partial charge in [0.15, 0.2) is 5.13 Å². The highest BCUT2D eigenvalue weighted by Crippen LogP contribution is 2.15. The number of likely N-dealkylation sites (N-methyl/N-ethyl adjacent to an activating group) is 1. The Hall–Kier alpha value is -1.14. The van der Waals surface area contributed by atoms with Crippen molar-refractivity contribution in [1.82, 2.24) is 9.88 Å². The largest absolute Gasteiger partial charge is 0.469 e. The molecule has 5 nitrogen and oxygen atoms in total. The van der Waals surface area contributed by atoms with Crippen molar-refractivity contribution in [3.63, 3.8) is 0 Å². The Bertz CT molecular complexity index is 364. The lowest BCUT2D eigenvalue weighted by atomic mass is 10.3. The van der Waals surface area contributed by atoms with E-state index in [4.69, 9.17) is 0 Å². The van der Waals surface area contributed by atoms with Crippen LogP contribution in [-0.4, -0.2) is 49.1 Å². The second-order valence-corrected chi connectivity index (χ2v) is 4.71. The predicted molar refractivity (Wildman–Crippen MR) is 74.1 cm³/mol. The molecule has 0 atom stereocenters. The highest BCUT2D eigenvalue weighted by molar-refractivity contribution is 7.13. The fourth-order valence-electron chi connectivity index (χ4n) is 1.55. The van der Waals surface area contributed by atoms with Gasteiger partial charge in [-0.15, -0.1) is 11.3 Å². The maximum atomic E-state index is 11.1. The van der Waals surface area contributed by atoms with Crippen molar-refractivity contribution in [2.24, 2.45) is 0 Å². The number of rotatable bonds is 8. The fourth-order valence-corrected chi connectivity index (χ4v) is 2.29. The first kappa shape index (κ1) is 14.9. The molecule has 0 saturated carbocycles. The van der Waals surface area contributed by atoms with Crippen molar-refractivity contribution in [2.75, 3.05) is 38.6 Å². The molecule has 0 unspecified atom stereocenters. The maximum absolute atomic E-state index is 11.1. The zero-order valence-electron chi connectivity index (χ0n) is 11.2. The molecule has 0 bridgehead atoms. The van der Waals surface area contributed by atoms with E-state index in [2.05, 4.69) is 33.8 Å². The van der Waals surface area contributed by atoms with Gasteiger partial charge in [0, 0.05) is 18.5 Å². The molecule has 102 valence electrons. The number of aromatic nitrogens is 1. The van der Waals surface area contributed by atoms with Gasteiger partial charge < -0.3 is 15.0 Å². The molecule has 0 aromatic carbocycles. The van der Waals surface area contributed by atoms with Crippen LogP contribution in [0.3, 0.4) is 0 Å². The first-order chi connectivity index (χ1) is 8.69. The highest BCUT2D eigenvalue weighted by atomic mass is 32.1. The van der Waals surface area contributed by atoms with Crippen molar-refractivity contribution in [2.45, 2.75) is 20.3 Å². The molecule has 18 heavy (non-hydrogen) atoms. The van der Waals surface area contributed by atoms with Crippen LogP contribution in [0.2, 0.25) is 0 Å². The number of hydrogen-bond donors (Lipinski definition) is 1. The molecule has 1 rings (SSSR count). The number of esters is 1. The van der Waals surface area contributed by atoms with E-state index in [1.54, 1.807) is 0 Å². The molecule has 0 aliphatic heterocycles. The van der Waals surface area contributed by atoms with E-state index in [9.17, 15) is 4.79 Å². The van der Waals surface area contributed by atoms with Crippen LogP contribution in [0.25, 0.3) is 0 Å². The quantitative estimate of drug-likeness (QED) is 0.728. The van der Waals surface area contributed by atoms with Crippen LogP contribution >= 0.6 is 11.3 Å². The van der Waals surface area contributed by atoms with Crippen LogP contribution in [0.4, 0.5) is 5.13 Å². The lowest BCUT2D eigenvalue weighted by Gasteiger charge is -2.17. The third kappa shape index (κ3) is 5.01. The summed E-state index contributed by atoms with van der Waals surface area (Å²) in [4.78, 5) is 17.8. The summed E-state index contributed by atoms with van der Waals surface area (Å²) in [6.45, 7) is 8.29. The van der Waals surface area contributed by atoms with Gasteiger partial charge in [-0.25, -0.2) is 4.98 Å². The van der Waals surface area contributed by atoms with Crippen molar-refractivity contribution in [1.29, 1.82) is 0 Å². The summed E-state index contributed by atoms with van der Waals surface area (Å²) in [6, 6.07) is 0. The number of methoxy groups -OCH3 is 1. The fraction of sp³-hybridized carbons (Fsp3) is 0.667. The molecular weight excluding hydrogens is 250 g/mol. The van der Waals surface area contributed by atoms with Crippen LogP contribution < -0.4 is 5.32 Å². The topological polar surface area (TPSA) is 54.5 Å². The van der Waals surface area contributed by atoms with Crippen LogP contribution in [0, 0.1) is 0 Å². The molecule has 0 aliphatic rings. The Morgan fingerprint density at radius 1 is 1.50 bits per heavy atom. The molecule has 0 saturated heterocycles. The maximum Gasteiger partial charge on any atom is 0.311 e. The lowest BCUT2D eigenvalue weighted by molar-refractivity contribution is -0.139. The van der Waals surface area contributed by atoms with E-state index in [-0.39, 0.29) is 12.4 Å². The van der Waals surface area contributed by atoms with Crippen molar-refractivity contribution >= 4 is 22.4 Å². The summed E-state index contributed by atoms with van der Waals surface area (Å²) < 4.78 is 4.60. The molecule has 1 aromatic rings. The molecule has 1 N–H and O–H groups in total. The Balaban J connectivity index is 2.33. The Kier molecular flexibility index (Phi) is 6.67. The zero-order valence-corrected chi connectivity index (χ0v) is 12.0. The highest BCUT2D eigenvalue weighted by Gasteiger charge is 2.07. The standard InChI is InChI=1S/C12H21N3O2S/c1-4-15(5-2)7-6-13-12-14-10(9-18-12)8-11(16)17-3/h9H,4-8H2,1-3H3,(H,13,14). The van der Waals surface area contributed by atoms with Crippen LogP contribution in [0.15, 0.2) is 5.38 Å². The van der Waals surface area contributed by atoms with Gasteiger partial charge in [-0.2, -0.15) is 0 Å². The number of anilines is 1. The number of nitrogens with one attached hydrogen (secondary N) is 1. The summed E-state index contributed by atoms with van der Waals surface area (Å²) in [5.41, 5.74) is 0.761. The van der Waals surface area contributed by atoms with Crippen molar-refractivity contribution in [3.05, 3.63) is 11.1 Å². The number of carbonyl (C=O) groups is 1. The number of thiazole rings is 1. The SMILES string of the molecule is CCN(CC)CCNc1nc(CC(=O)OC)cs1. The first-order valence-corrected chi connectivity index (χ1v) is 7.05. The van der Waals surface area contributed by atoms with Crippen molar-refractivity contribution < 1.29 is 9.53 Å². The summed E-state index contributed by atoms with van der Waals surface area (Å²) in [5, 5.41) is 6.02. The molecule has 0 aliphatic carbocycles. The van der Waals surface area contributed by atoms with Gasteiger partial charge in [0.2, 0.25) is 0 Å². The number of carbonyl (C=O) groups excluding carboxylic acids is 1. The Morgan fingerprint density at radius 3 is 2.83 bits per heavy atom. The van der Waals surface area contributed by atoms with E-state index < -0.39 is 0 Å². The summed E-state index contributed by atoms with van der Waals surface area (Å²) in [6.07, 6.45) is 0.241. The third-order valence-electron chi connectivity index (χ3n) is 2.70. The van der Waals surface area contributed by atoms with Crippen LogP contribution in [0.1, 0.15) is 19.5 Å². The van der Waals surface area contributed by atoms with Gasteiger partial charge in [-0.05, 0) is 13.1 Å². The molecule has 0 fully saturated rings. The lowest BCUT2D eigenvalue weighted by Crippen LogP contribution is -2.28. The molecule has 0 spiro atoms. The van der Waals surface area contributed by atoms with E-state index in [0.29, 0.717) is 0 Å². The molecule has 0 amide bonds. The minimum Gasteiger partial charge on any atom is -0.469 e. The van der Waals surface area contributed by atoms with Gasteiger partial charge in [-0.3, -0.25) is 4.79 Å². The van der Waals surface area contributed by atoms with E-state index in [1.165, 1.54) is 18.4 Å². The summed E-state index contributed by atoms with van der Waals surface area (Å²) in [5.74, 6) is -0.255. The van der Waals surface area contributed by atoms with Crippen molar-refractivity contribution in [3.8, 4) is 0 Å². The van der Waals surface area contributed by atoms with Gasteiger partial charge in [-0.1, -0.05) is 13.8 Å². The van der Waals surface area contributed by atoms with Crippen LogP contribution in [0.5, 0.6) is 0 Å². The first-order valence-electron chi connectivity index (χ1n) is 6.17. The zero-order chi connectivity index (χ0) is 13.4.